The van der Waals surface area contributed by atoms with Crippen LogP contribution in [0.1, 0.15) is 18.9 Å². The summed E-state index contributed by atoms with van der Waals surface area (Å²) in [6.45, 7) is 1.84. The second kappa shape index (κ2) is 5.20. The Morgan fingerprint density at radius 2 is 1.93 bits per heavy atom. The molecular weight excluding hydrogens is 190 g/mol. The highest BCUT2D eigenvalue weighted by Crippen LogP contribution is 2.17. The molecule has 0 aliphatic carbocycles. The summed E-state index contributed by atoms with van der Waals surface area (Å²) in [5, 5.41) is 12.0. The van der Waals surface area contributed by atoms with E-state index < -0.39 is 5.97 Å². The van der Waals surface area contributed by atoms with Crippen LogP contribution in [-0.2, 0) is 4.79 Å². The van der Waals surface area contributed by atoms with Gasteiger partial charge in [0.15, 0.2) is 0 Å². The van der Waals surface area contributed by atoms with Crippen LogP contribution in [-0.4, -0.2) is 18.1 Å². The van der Waals surface area contributed by atoms with Gasteiger partial charge in [-0.3, -0.25) is 0 Å². The molecule has 0 aromatic heterocycles. The number of nitrogens with one attached hydrogen (secondary N) is 1. The summed E-state index contributed by atoms with van der Waals surface area (Å²) in [5.41, 5.74) is 1.99. The van der Waals surface area contributed by atoms with E-state index in [9.17, 15) is 4.79 Å². The van der Waals surface area contributed by atoms with Crippen LogP contribution >= 0.6 is 0 Å². The van der Waals surface area contributed by atoms with Gasteiger partial charge in [-0.15, -0.1) is 0 Å². The van der Waals surface area contributed by atoms with E-state index in [1.165, 1.54) is 0 Å². The number of carboxylic acids is 1. The summed E-state index contributed by atoms with van der Waals surface area (Å²) in [6, 6.07) is 9.47. The van der Waals surface area contributed by atoms with Gasteiger partial charge >= 0.3 is 5.97 Å². The molecule has 0 aliphatic rings. The minimum Gasteiger partial charge on any atom is -0.478 e. The minimum atomic E-state index is -0.870. The van der Waals surface area contributed by atoms with Crippen molar-refractivity contribution in [2.75, 3.05) is 7.05 Å². The van der Waals surface area contributed by atoms with Gasteiger partial charge in [0.05, 0.1) is 11.3 Å². The van der Waals surface area contributed by atoms with Crippen molar-refractivity contribution in [1.29, 1.82) is 0 Å². The largest absolute Gasteiger partial charge is 0.478 e. The monoisotopic (exact) mass is 205 g/mol. The summed E-state index contributed by atoms with van der Waals surface area (Å²) in [7, 11) is 1.74. The first-order valence-corrected chi connectivity index (χ1v) is 4.90. The minimum absolute atomic E-state index is 0.406. The average Bonchev–Trinajstić information content (AvgIpc) is 2.26. The van der Waals surface area contributed by atoms with Crippen LogP contribution in [0.25, 0.3) is 5.70 Å². The molecule has 2 N–H and O–H groups in total. The molecule has 0 heterocycles. The molecule has 0 fully saturated rings. The average molecular weight is 205 g/mol. The predicted molar refractivity (Wildman–Crippen MR) is 60.3 cm³/mol. The second-order valence-corrected chi connectivity index (χ2v) is 3.13. The van der Waals surface area contributed by atoms with Gasteiger partial charge in [0.25, 0.3) is 0 Å². The Morgan fingerprint density at radius 1 is 1.33 bits per heavy atom. The summed E-state index contributed by atoms with van der Waals surface area (Å²) < 4.78 is 0. The van der Waals surface area contributed by atoms with E-state index >= 15 is 0 Å². The summed E-state index contributed by atoms with van der Waals surface area (Å²) >= 11 is 0. The topological polar surface area (TPSA) is 49.3 Å². The molecule has 1 aromatic rings. The van der Waals surface area contributed by atoms with Gasteiger partial charge in [-0.1, -0.05) is 37.3 Å². The molecule has 1 aromatic carbocycles. The van der Waals surface area contributed by atoms with E-state index in [2.05, 4.69) is 5.32 Å². The molecule has 15 heavy (non-hydrogen) atoms. The zero-order valence-electron chi connectivity index (χ0n) is 8.95. The maximum Gasteiger partial charge on any atom is 0.333 e. The molecule has 0 spiro atoms. The highest BCUT2D eigenvalue weighted by atomic mass is 16.4. The van der Waals surface area contributed by atoms with Crippen molar-refractivity contribution in [3.8, 4) is 0 Å². The van der Waals surface area contributed by atoms with Crippen LogP contribution in [0.4, 0.5) is 0 Å². The third kappa shape index (κ3) is 2.59. The Labute approximate surface area is 89.4 Å². The van der Waals surface area contributed by atoms with E-state index in [-0.39, 0.29) is 0 Å². The first kappa shape index (κ1) is 11.3. The Kier molecular flexibility index (Phi) is 3.92. The molecule has 0 atom stereocenters. The molecule has 0 aliphatic heterocycles. The van der Waals surface area contributed by atoms with Crippen LogP contribution in [0.5, 0.6) is 0 Å². The number of benzene rings is 1. The maximum atomic E-state index is 11.0. The Morgan fingerprint density at radius 3 is 2.33 bits per heavy atom. The number of aliphatic carboxylic acids is 1. The van der Waals surface area contributed by atoms with Gasteiger partial charge in [0.1, 0.15) is 0 Å². The number of hydrogen-bond acceptors (Lipinski definition) is 2. The highest BCUT2D eigenvalue weighted by molar-refractivity contribution is 5.95. The van der Waals surface area contributed by atoms with Crippen LogP contribution in [0.15, 0.2) is 35.9 Å². The molecule has 0 saturated carbocycles. The van der Waals surface area contributed by atoms with Crippen LogP contribution in [0, 0.1) is 0 Å². The molecule has 0 unspecified atom stereocenters. The molecule has 0 radical (unpaired) electrons. The molecule has 3 nitrogen and oxygen atoms in total. The van der Waals surface area contributed by atoms with Gasteiger partial charge in [-0.05, 0) is 12.0 Å². The summed E-state index contributed by atoms with van der Waals surface area (Å²) in [4.78, 5) is 11.0. The van der Waals surface area contributed by atoms with Gasteiger partial charge in [0.2, 0.25) is 0 Å². The van der Waals surface area contributed by atoms with Gasteiger partial charge < -0.3 is 10.4 Å². The molecular formula is C12H15NO2. The van der Waals surface area contributed by atoms with E-state index in [0.29, 0.717) is 17.7 Å². The van der Waals surface area contributed by atoms with Gasteiger partial charge in [0, 0.05) is 7.05 Å². The summed E-state index contributed by atoms with van der Waals surface area (Å²) in [6.07, 6.45) is 0.500. The maximum absolute atomic E-state index is 11.0. The van der Waals surface area contributed by atoms with Crippen molar-refractivity contribution in [2.45, 2.75) is 13.3 Å². The smallest absolute Gasteiger partial charge is 0.333 e. The second-order valence-electron chi connectivity index (χ2n) is 3.13. The molecule has 0 bridgehead atoms. The van der Waals surface area contributed by atoms with Crippen LogP contribution in [0.3, 0.4) is 0 Å². The normalized spacial score (nSPS) is 11.9. The lowest BCUT2D eigenvalue weighted by atomic mass is 10.0. The lowest BCUT2D eigenvalue weighted by Gasteiger charge is -2.10. The predicted octanol–water partition coefficient (Wildman–Crippen LogP) is 2.11. The van der Waals surface area contributed by atoms with Crippen LogP contribution < -0.4 is 5.32 Å². The van der Waals surface area contributed by atoms with E-state index in [0.717, 1.165) is 5.56 Å². The first-order valence-electron chi connectivity index (χ1n) is 4.90. The zero-order chi connectivity index (χ0) is 11.3. The fraction of sp³-hybridized carbons (Fsp3) is 0.250. The third-order valence-electron chi connectivity index (χ3n) is 2.23. The molecule has 3 heteroatoms. The zero-order valence-corrected chi connectivity index (χ0v) is 8.95. The van der Waals surface area contributed by atoms with Crippen molar-refractivity contribution in [1.82, 2.24) is 5.32 Å². The Balaban J connectivity index is 3.23. The highest BCUT2D eigenvalue weighted by Gasteiger charge is 2.12. The Bertz CT molecular complexity index is 368. The Hall–Kier alpha value is -1.77. The van der Waals surface area contributed by atoms with Crippen LogP contribution in [0.2, 0.25) is 0 Å². The van der Waals surface area contributed by atoms with Gasteiger partial charge in [-0.25, -0.2) is 4.79 Å². The summed E-state index contributed by atoms with van der Waals surface area (Å²) in [5.74, 6) is -0.870. The lowest BCUT2D eigenvalue weighted by molar-refractivity contribution is -0.132. The van der Waals surface area contributed by atoms with E-state index in [1.54, 1.807) is 7.05 Å². The van der Waals surface area contributed by atoms with Crippen molar-refractivity contribution in [2.24, 2.45) is 0 Å². The lowest BCUT2D eigenvalue weighted by Crippen LogP contribution is -2.13. The number of rotatable bonds is 4. The van der Waals surface area contributed by atoms with E-state index in [4.69, 9.17) is 5.11 Å². The first-order chi connectivity index (χ1) is 7.20. The fourth-order valence-electron chi connectivity index (χ4n) is 1.51. The SMILES string of the molecule is CCC(C(=O)O)=C(NC)c1ccccc1. The number of carboxylic acid groups (broad SMARTS) is 1. The van der Waals surface area contributed by atoms with Gasteiger partial charge in [-0.2, -0.15) is 0 Å². The van der Waals surface area contributed by atoms with Crippen molar-refractivity contribution in [3.63, 3.8) is 0 Å². The van der Waals surface area contributed by atoms with E-state index in [1.807, 2.05) is 37.3 Å². The molecule has 0 amide bonds. The molecule has 0 saturated heterocycles. The fourth-order valence-corrected chi connectivity index (χ4v) is 1.51. The number of hydrogen-bond donors (Lipinski definition) is 2. The molecule has 80 valence electrons. The quantitative estimate of drug-likeness (QED) is 0.740. The van der Waals surface area contributed by atoms with Crippen molar-refractivity contribution >= 4 is 11.7 Å². The third-order valence-corrected chi connectivity index (χ3v) is 2.23. The van der Waals surface area contributed by atoms with Crippen molar-refractivity contribution < 1.29 is 9.90 Å². The number of carbonyl (C=O) groups is 1. The standard InChI is InChI=1S/C12H15NO2/c1-3-10(12(14)15)11(13-2)9-7-5-4-6-8-9/h4-8,13H,3H2,1-2H3,(H,14,15). The van der Waals surface area contributed by atoms with Crippen molar-refractivity contribution in [3.05, 3.63) is 41.5 Å². The molecule has 1 rings (SSSR count).